The van der Waals surface area contributed by atoms with Crippen LogP contribution in [0.5, 0.6) is 0 Å². The lowest BCUT2D eigenvalue weighted by Crippen LogP contribution is -2.34. The summed E-state index contributed by atoms with van der Waals surface area (Å²) in [4.78, 5) is 0. The zero-order chi connectivity index (χ0) is 23.5. The molecule has 1 aliphatic carbocycles. The highest BCUT2D eigenvalue weighted by atomic mass is 19.4. The molecule has 0 bridgehead atoms. The van der Waals surface area contributed by atoms with E-state index >= 15 is 0 Å². The van der Waals surface area contributed by atoms with E-state index in [9.17, 15) is 30.7 Å². The van der Waals surface area contributed by atoms with Crippen molar-refractivity contribution >= 4 is 0 Å². The summed E-state index contributed by atoms with van der Waals surface area (Å²) in [5, 5.41) is 3.37. The molecule has 2 aromatic carbocycles. The molecule has 176 valence electrons. The van der Waals surface area contributed by atoms with Gasteiger partial charge in [-0.15, -0.1) is 0 Å². The molecular formula is C23H24F7NO. The molecule has 3 rings (SSSR count). The number of halogens is 7. The van der Waals surface area contributed by atoms with E-state index in [4.69, 9.17) is 4.74 Å². The minimum Gasteiger partial charge on any atom is -0.377 e. The first-order valence-electron chi connectivity index (χ1n) is 10.4. The van der Waals surface area contributed by atoms with E-state index in [-0.39, 0.29) is 48.5 Å². The van der Waals surface area contributed by atoms with E-state index < -0.39 is 23.5 Å². The summed E-state index contributed by atoms with van der Waals surface area (Å²) in [5.41, 5.74) is -1.89. The van der Waals surface area contributed by atoms with Crippen molar-refractivity contribution in [3.05, 3.63) is 70.5 Å². The van der Waals surface area contributed by atoms with Crippen molar-refractivity contribution in [2.45, 2.75) is 56.6 Å². The molecule has 3 atom stereocenters. The van der Waals surface area contributed by atoms with Gasteiger partial charge in [0.25, 0.3) is 0 Å². The maximum atomic E-state index is 13.3. The van der Waals surface area contributed by atoms with Crippen molar-refractivity contribution in [1.82, 2.24) is 5.32 Å². The number of rotatable bonds is 7. The Morgan fingerprint density at radius 1 is 0.906 bits per heavy atom. The molecule has 1 aliphatic rings. The lowest BCUT2D eigenvalue weighted by atomic mass is 9.92. The molecular weight excluding hydrogens is 439 g/mol. The second kappa shape index (κ2) is 9.79. The van der Waals surface area contributed by atoms with Gasteiger partial charge in [-0.3, -0.25) is 0 Å². The van der Waals surface area contributed by atoms with Crippen LogP contribution in [0.3, 0.4) is 0 Å². The van der Waals surface area contributed by atoms with Crippen molar-refractivity contribution < 1.29 is 35.5 Å². The summed E-state index contributed by atoms with van der Waals surface area (Å²) < 4.78 is 97.6. The Kier molecular flexibility index (Phi) is 7.50. The first kappa shape index (κ1) is 24.5. The number of alkyl halides is 6. The molecule has 0 spiro atoms. The standard InChI is InChI=1S/C23H24F7NO/c1-2-31-19-7-8-20(21(19)15-3-5-18(24)6-4-15)32-10-9-14-11-16(22(25,26)27)13-17(12-14)23(28,29)30/h3-6,11-13,19-21,31H,2,7-10H2,1H3. The first-order valence-corrected chi connectivity index (χ1v) is 10.4. The van der Waals surface area contributed by atoms with E-state index in [1.54, 1.807) is 12.1 Å². The van der Waals surface area contributed by atoms with Gasteiger partial charge in [-0.1, -0.05) is 19.1 Å². The molecule has 0 amide bonds. The highest BCUT2D eigenvalue weighted by molar-refractivity contribution is 5.34. The SMILES string of the molecule is CCNC1CCC(OCCc2cc(C(F)(F)F)cc(C(F)(F)F)c2)C1c1ccc(F)cc1. The van der Waals surface area contributed by atoms with Crippen molar-refractivity contribution in [3.63, 3.8) is 0 Å². The largest absolute Gasteiger partial charge is 0.416 e. The van der Waals surface area contributed by atoms with Crippen molar-refractivity contribution in [2.24, 2.45) is 0 Å². The molecule has 9 heteroatoms. The average molecular weight is 463 g/mol. The Bertz CT molecular complexity index is 860. The highest BCUT2D eigenvalue weighted by Gasteiger charge is 2.38. The third-order valence-corrected chi connectivity index (χ3v) is 5.69. The molecule has 32 heavy (non-hydrogen) atoms. The molecule has 0 heterocycles. The monoisotopic (exact) mass is 463 g/mol. The summed E-state index contributed by atoms with van der Waals surface area (Å²) in [6, 6.07) is 7.72. The number of hydrogen-bond donors (Lipinski definition) is 1. The third kappa shape index (κ3) is 6.01. The average Bonchev–Trinajstić information content (AvgIpc) is 3.10. The Balaban J connectivity index is 1.74. The van der Waals surface area contributed by atoms with Crippen LogP contribution < -0.4 is 5.32 Å². The number of likely N-dealkylation sites (N-methyl/N-ethyl adjacent to an activating group) is 1. The van der Waals surface area contributed by atoms with Gasteiger partial charge >= 0.3 is 12.4 Å². The minimum atomic E-state index is -4.88. The summed E-state index contributed by atoms with van der Waals surface area (Å²) in [6.45, 7) is 2.65. The Morgan fingerprint density at radius 3 is 2.03 bits per heavy atom. The molecule has 0 saturated heterocycles. The van der Waals surface area contributed by atoms with Crippen molar-refractivity contribution in [3.8, 4) is 0 Å². The molecule has 2 aromatic rings. The fourth-order valence-corrected chi connectivity index (χ4v) is 4.26. The van der Waals surface area contributed by atoms with Gasteiger partial charge in [-0.2, -0.15) is 26.3 Å². The predicted molar refractivity (Wildman–Crippen MR) is 106 cm³/mol. The topological polar surface area (TPSA) is 21.3 Å². The van der Waals surface area contributed by atoms with E-state index in [1.807, 2.05) is 6.92 Å². The molecule has 0 aliphatic heterocycles. The van der Waals surface area contributed by atoms with Gasteiger partial charge in [0, 0.05) is 12.0 Å². The number of benzene rings is 2. The molecule has 1 fully saturated rings. The van der Waals surface area contributed by atoms with Gasteiger partial charge in [-0.25, -0.2) is 4.39 Å². The molecule has 0 radical (unpaired) electrons. The van der Waals surface area contributed by atoms with Gasteiger partial charge in [0.2, 0.25) is 0 Å². The lowest BCUT2D eigenvalue weighted by Gasteiger charge is -2.26. The van der Waals surface area contributed by atoms with Gasteiger partial charge in [0.1, 0.15) is 5.82 Å². The van der Waals surface area contributed by atoms with Crippen LogP contribution in [0.15, 0.2) is 42.5 Å². The summed E-state index contributed by atoms with van der Waals surface area (Å²) in [5.74, 6) is -0.461. The van der Waals surface area contributed by atoms with Gasteiger partial charge < -0.3 is 10.1 Å². The van der Waals surface area contributed by atoms with Gasteiger partial charge in [0.15, 0.2) is 0 Å². The van der Waals surface area contributed by atoms with Crippen LogP contribution in [-0.4, -0.2) is 25.3 Å². The van der Waals surface area contributed by atoms with Gasteiger partial charge in [-0.05, 0) is 67.3 Å². The summed E-state index contributed by atoms with van der Waals surface area (Å²) >= 11 is 0. The van der Waals surface area contributed by atoms with Crippen LogP contribution >= 0.6 is 0 Å². The smallest absolute Gasteiger partial charge is 0.377 e. The Hall–Kier alpha value is -2.13. The summed E-state index contributed by atoms with van der Waals surface area (Å²) in [7, 11) is 0. The number of nitrogens with one attached hydrogen (secondary N) is 1. The van der Waals surface area contributed by atoms with E-state index in [0.717, 1.165) is 30.7 Å². The number of ether oxygens (including phenoxy) is 1. The Labute approximate surface area is 181 Å². The highest BCUT2D eigenvalue weighted by Crippen LogP contribution is 2.38. The second-order valence-electron chi connectivity index (χ2n) is 7.89. The molecule has 1 saturated carbocycles. The van der Waals surface area contributed by atoms with Gasteiger partial charge in [0.05, 0.1) is 23.8 Å². The lowest BCUT2D eigenvalue weighted by molar-refractivity contribution is -0.143. The van der Waals surface area contributed by atoms with Crippen LogP contribution in [-0.2, 0) is 23.5 Å². The fourth-order valence-electron chi connectivity index (χ4n) is 4.26. The predicted octanol–water partition coefficient (Wildman–Crippen LogP) is 6.35. The van der Waals surface area contributed by atoms with Crippen LogP contribution in [0.4, 0.5) is 30.7 Å². The fraction of sp³-hybridized carbons (Fsp3) is 0.478. The van der Waals surface area contributed by atoms with Crippen LogP contribution in [0.25, 0.3) is 0 Å². The van der Waals surface area contributed by atoms with Crippen molar-refractivity contribution in [1.29, 1.82) is 0 Å². The second-order valence-corrected chi connectivity index (χ2v) is 7.89. The zero-order valence-electron chi connectivity index (χ0n) is 17.4. The molecule has 1 N–H and O–H groups in total. The van der Waals surface area contributed by atoms with Crippen LogP contribution in [0, 0.1) is 5.82 Å². The normalized spacial score (nSPS) is 21.8. The zero-order valence-corrected chi connectivity index (χ0v) is 17.4. The van der Waals surface area contributed by atoms with Crippen LogP contribution in [0.2, 0.25) is 0 Å². The Morgan fingerprint density at radius 2 is 1.50 bits per heavy atom. The maximum Gasteiger partial charge on any atom is 0.416 e. The van der Waals surface area contributed by atoms with Crippen molar-refractivity contribution in [2.75, 3.05) is 13.2 Å². The quantitative estimate of drug-likeness (QED) is 0.484. The minimum absolute atomic E-state index is 0.0280. The van der Waals surface area contributed by atoms with Crippen LogP contribution in [0.1, 0.15) is 47.9 Å². The van der Waals surface area contributed by atoms with E-state index in [1.165, 1.54) is 12.1 Å². The molecule has 2 nitrogen and oxygen atoms in total. The first-order chi connectivity index (χ1) is 15.0. The van der Waals surface area contributed by atoms with E-state index in [0.29, 0.717) is 6.42 Å². The maximum absolute atomic E-state index is 13.3. The molecule has 0 aromatic heterocycles. The summed E-state index contributed by atoms with van der Waals surface area (Å²) in [6.07, 6.45) is -8.66. The third-order valence-electron chi connectivity index (χ3n) is 5.69. The number of hydrogen-bond acceptors (Lipinski definition) is 2. The molecule has 3 unspecified atom stereocenters. The van der Waals surface area contributed by atoms with E-state index in [2.05, 4.69) is 5.32 Å².